The van der Waals surface area contributed by atoms with Gasteiger partial charge in [0.15, 0.2) is 11.5 Å². The Hall–Kier alpha value is -2.88. The van der Waals surface area contributed by atoms with Crippen molar-refractivity contribution in [2.75, 3.05) is 4.90 Å². The van der Waals surface area contributed by atoms with Crippen LogP contribution in [0.2, 0.25) is 0 Å². The van der Waals surface area contributed by atoms with Gasteiger partial charge >= 0.3 is 0 Å². The zero-order valence-electron chi connectivity index (χ0n) is 13.4. The van der Waals surface area contributed by atoms with E-state index >= 15 is 0 Å². The van der Waals surface area contributed by atoms with E-state index < -0.39 is 0 Å². The molecule has 4 heteroatoms. The van der Waals surface area contributed by atoms with E-state index in [-0.39, 0.29) is 0 Å². The Labute approximate surface area is 135 Å². The van der Waals surface area contributed by atoms with Gasteiger partial charge in [-0.3, -0.25) is 9.97 Å². The predicted octanol–water partition coefficient (Wildman–Crippen LogP) is 4.98. The summed E-state index contributed by atoms with van der Waals surface area (Å²) >= 11 is 0. The van der Waals surface area contributed by atoms with Crippen LogP contribution < -0.4 is 9.64 Å². The van der Waals surface area contributed by atoms with E-state index in [4.69, 9.17) is 4.74 Å². The number of pyridine rings is 2. The first-order valence-electron chi connectivity index (χ1n) is 7.59. The van der Waals surface area contributed by atoms with Crippen LogP contribution in [0.5, 0.6) is 11.5 Å². The topological polar surface area (TPSA) is 38.2 Å². The molecule has 0 aliphatic carbocycles. The molecule has 0 unspecified atom stereocenters. The summed E-state index contributed by atoms with van der Waals surface area (Å²) in [6.45, 7) is 6.41. The summed E-state index contributed by atoms with van der Waals surface area (Å²) in [5.41, 5.74) is 6.90. The third kappa shape index (κ3) is 2.14. The molecule has 3 heterocycles. The van der Waals surface area contributed by atoms with Gasteiger partial charge in [0.1, 0.15) is 0 Å². The first kappa shape index (κ1) is 13.8. The van der Waals surface area contributed by atoms with Crippen LogP contribution in [0.3, 0.4) is 0 Å². The Morgan fingerprint density at radius 3 is 1.87 bits per heavy atom. The van der Waals surface area contributed by atoms with Gasteiger partial charge < -0.3 is 9.64 Å². The Morgan fingerprint density at radius 1 is 0.826 bits per heavy atom. The van der Waals surface area contributed by atoms with Gasteiger partial charge in [-0.2, -0.15) is 0 Å². The van der Waals surface area contributed by atoms with E-state index in [1.54, 1.807) is 24.8 Å². The predicted molar refractivity (Wildman–Crippen MR) is 91.0 cm³/mol. The van der Waals surface area contributed by atoms with Gasteiger partial charge in [0.2, 0.25) is 0 Å². The fourth-order valence-electron chi connectivity index (χ4n) is 3.29. The van der Waals surface area contributed by atoms with E-state index in [0.29, 0.717) is 0 Å². The van der Waals surface area contributed by atoms with Crippen molar-refractivity contribution in [3.8, 4) is 11.5 Å². The zero-order valence-corrected chi connectivity index (χ0v) is 13.4. The van der Waals surface area contributed by atoms with Gasteiger partial charge in [-0.15, -0.1) is 0 Å². The van der Waals surface area contributed by atoms with E-state index in [9.17, 15) is 0 Å². The average molecular weight is 303 g/mol. The second kappa shape index (κ2) is 5.09. The molecule has 0 saturated carbocycles. The number of fused-ring (bicyclic) bond motifs is 2. The lowest BCUT2D eigenvalue weighted by molar-refractivity contribution is 0.472. The minimum Gasteiger partial charge on any atom is -0.450 e. The third-order valence-electron chi connectivity index (χ3n) is 4.09. The fourth-order valence-corrected chi connectivity index (χ4v) is 3.29. The molecule has 2 aromatic heterocycles. The lowest BCUT2D eigenvalue weighted by Crippen LogP contribution is -2.18. The molecule has 1 aliphatic rings. The van der Waals surface area contributed by atoms with Crippen LogP contribution in [0.1, 0.15) is 16.7 Å². The Bertz CT molecular complexity index is 836. The van der Waals surface area contributed by atoms with Crippen molar-refractivity contribution in [3.63, 3.8) is 0 Å². The lowest BCUT2D eigenvalue weighted by atomic mass is 10.0. The van der Waals surface area contributed by atoms with Gasteiger partial charge in [-0.25, -0.2) is 0 Å². The monoisotopic (exact) mass is 303 g/mol. The highest BCUT2D eigenvalue weighted by Gasteiger charge is 2.27. The minimum absolute atomic E-state index is 0.743. The number of aromatic nitrogens is 2. The van der Waals surface area contributed by atoms with Crippen molar-refractivity contribution >= 4 is 17.1 Å². The average Bonchev–Trinajstić information content (AvgIpc) is 2.53. The lowest BCUT2D eigenvalue weighted by Gasteiger charge is -2.34. The van der Waals surface area contributed by atoms with E-state index in [2.05, 4.69) is 47.8 Å². The molecule has 23 heavy (non-hydrogen) atoms. The Kier molecular flexibility index (Phi) is 3.05. The van der Waals surface area contributed by atoms with Crippen LogP contribution in [0, 0.1) is 20.8 Å². The van der Waals surface area contributed by atoms with Crippen molar-refractivity contribution in [1.82, 2.24) is 9.97 Å². The summed E-state index contributed by atoms with van der Waals surface area (Å²) in [5, 5.41) is 0. The molecular formula is C19H17N3O. The van der Waals surface area contributed by atoms with Crippen LogP contribution in [0.4, 0.5) is 17.1 Å². The molecule has 0 atom stereocenters. The fraction of sp³-hybridized carbons (Fsp3) is 0.158. The summed E-state index contributed by atoms with van der Waals surface area (Å²) in [6, 6.07) is 8.38. The second-order valence-electron chi connectivity index (χ2n) is 5.87. The molecule has 3 aromatic rings. The van der Waals surface area contributed by atoms with Crippen molar-refractivity contribution in [2.24, 2.45) is 0 Å². The number of benzene rings is 1. The molecule has 0 spiro atoms. The van der Waals surface area contributed by atoms with Crippen molar-refractivity contribution < 1.29 is 4.74 Å². The highest BCUT2D eigenvalue weighted by molar-refractivity contribution is 5.87. The molecule has 0 radical (unpaired) electrons. The number of nitrogens with zero attached hydrogens (tertiary/aromatic N) is 3. The molecule has 0 N–H and O–H groups in total. The SMILES string of the molecule is Cc1cc(C)c(N2c3ccncc3Oc3cnccc32)c(C)c1. The molecule has 0 amide bonds. The van der Waals surface area contributed by atoms with E-state index in [1.165, 1.54) is 22.4 Å². The quantitative estimate of drug-likeness (QED) is 0.497. The molecular weight excluding hydrogens is 286 g/mol. The molecule has 0 saturated heterocycles. The van der Waals surface area contributed by atoms with Crippen LogP contribution in [0.15, 0.2) is 49.1 Å². The summed E-state index contributed by atoms with van der Waals surface area (Å²) in [4.78, 5) is 10.6. The standard InChI is InChI=1S/C19H17N3O/c1-12-8-13(2)19(14(3)9-12)22-15-4-6-20-10-17(15)23-18-11-21-7-5-16(18)22/h4-11H,1-3H3. The van der Waals surface area contributed by atoms with Crippen LogP contribution in [-0.4, -0.2) is 9.97 Å². The van der Waals surface area contributed by atoms with Gasteiger partial charge in [0.05, 0.1) is 29.5 Å². The number of hydrogen-bond acceptors (Lipinski definition) is 4. The van der Waals surface area contributed by atoms with E-state index in [1.807, 2.05) is 12.1 Å². The molecule has 4 rings (SSSR count). The highest BCUT2D eigenvalue weighted by atomic mass is 16.5. The first-order chi connectivity index (χ1) is 11.1. The maximum Gasteiger partial charge on any atom is 0.169 e. The molecule has 1 aromatic carbocycles. The first-order valence-corrected chi connectivity index (χ1v) is 7.59. The summed E-state index contributed by atoms with van der Waals surface area (Å²) in [5.74, 6) is 1.49. The number of ether oxygens (including phenoxy) is 1. The van der Waals surface area contributed by atoms with Crippen LogP contribution in [0.25, 0.3) is 0 Å². The van der Waals surface area contributed by atoms with Crippen molar-refractivity contribution in [3.05, 3.63) is 65.7 Å². The number of anilines is 3. The van der Waals surface area contributed by atoms with Gasteiger partial charge in [-0.1, -0.05) is 17.7 Å². The van der Waals surface area contributed by atoms with Crippen LogP contribution in [-0.2, 0) is 0 Å². The maximum absolute atomic E-state index is 5.97. The van der Waals surface area contributed by atoms with Crippen LogP contribution >= 0.6 is 0 Å². The second-order valence-corrected chi connectivity index (χ2v) is 5.87. The Morgan fingerprint density at radius 2 is 1.35 bits per heavy atom. The van der Waals surface area contributed by atoms with Gasteiger partial charge in [-0.05, 0) is 44.0 Å². The number of hydrogen-bond donors (Lipinski definition) is 0. The van der Waals surface area contributed by atoms with Crippen molar-refractivity contribution in [2.45, 2.75) is 20.8 Å². The third-order valence-corrected chi connectivity index (χ3v) is 4.09. The van der Waals surface area contributed by atoms with Gasteiger partial charge in [0.25, 0.3) is 0 Å². The number of rotatable bonds is 1. The van der Waals surface area contributed by atoms with Crippen molar-refractivity contribution in [1.29, 1.82) is 0 Å². The summed E-state index contributed by atoms with van der Waals surface area (Å²) < 4.78 is 5.97. The number of aryl methyl sites for hydroxylation is 3. The van der Waals surface area contributed by atoms with Gasteiger partial charge in [0, 0.05) is 12.4 Å². The smallest absolute Gasteiger partial charge is 0.169 e. The molecule has 0 bridgehead atoms. The highest BCUT2D eigenvalue weighted by Crippen LogP contribution is 2.50. The molecule has 1 aliphatic heterocycles. The minimum atomic E-state index is 0.743. The van der Waals surface area contributed by atoms with E-state index in [0.717, 1.165) is 22.9 Å². The summed E-state index contributed by atoms with van der Waals surface area (Å²) in [7, 11) is 0. The maximum atomic E-state index is 5.97. The largest absolute Gasteiger partial charge is 0.450 e. The molecule has 4 nitrogen and oxygen atoms in total. The summed E-state index contributed by atoms with van der Waals surface area (Å²) in [6.07, 6.45) is 7.08. The normalized spacial score (nSPS) is 12.4. The Balaban J connectivity index is 2.02. The zero-order chi connectivity index (χ0) is 16.0. The molecule has 114 valence electrons. The molecule has 0 fully saturated rings.